The van der Waals surface area contributed by atoms with E-state index in [0.29, 0.717) is 5.69 Å². The lowest BCUT2D eigenvalue weighted by Crippen LogP contribution is -1.85. The molecule has 2 aromatic heterocycles. The van der Waals surface area contributed by atoms with Crippen molar-refractivity contribution in [1.82, 2.24) is 4.98 Å². The van der Waals surface area contributed by atoms with Gasteiger partial charge in [-0.25, -0.2) is 4.85 Å². The number of nitrogens with zero attached hydrogens (tertiary/aromatic N) is 2. The molecule has 0 bridgehead atoms. The molecule has 2 heterocycles. The van der Waals surface area contributed by atoms with Crippen molar-refractivity contribution in [3.05, 3.63) is 121 Å². The molecule has 0 N–H and O–H groups in total. The number of rotatable bonds is 3. The Hall–Kier alpha value is -4.26. The molecule has 0 saturated carbocycles. The zero-order valence-corrected chi connectivity index (χ0v) is 18.5. The molecule has 3 heteroatoms. The van der Waals surface area contributed by atoms with Gasteiger partial charge in [-0.2, -0.15) is 0 Å². The molecule has 6 aromatic rings. The lowest BCUT2D eigenvalue weighted by molar-refractivity contribution is 1.33. The maximum absolute atomic E-state index is 7.62. The molecular formula is C30H18N2S. The van der Waals surface area contributed by atoms with E-state index in [1.165, 1.54) is 36.9 Å². The van der Waals surface area contributed by atoms with E-state index in [1.807, 2.05) is 47.9 Å². The summed E-state index contributed by atoms with van der Waals surface area (Å²) >= 11 is 1.81. The van der Waals surface area contributed by atoms with Gasteiger partial charge in [-0.1, -0.05) is 91.0 Å². The van der Waals surface area contributed by atoms with Crippen LogP contribution in [-0.4, -0.2) is 4.98 Å². The van der Waals surface area contributed by atoms with Crippen molar-refractivity contribution in [2.24, 2.45) is 0 Å². The first-order valence-corrected chi connectivity index (χ1v) is 11.6. The van der Waals surface area contributed by atoms with Crippen LogP contribution in [0.4, 0.5) is 5.69 Å². The summed E-state index contributed by atoms with van der Waals surface area (Å²) in [7, 11) is 0. The fourth-order valence-electron chi connectivity index (χ4n) is 4.54. The zero-order valence-electron chi connectivity index (χ0n) is 17.7. The van der Waals surface area contributed by atoms with Gasteiger partial charge in [-0.05, 0) is 28.3 Å². The van der Waals surface area contributed by atoms with E-state index >= 15 is 0 Å². The van der Waals surface area contributed by atoms with E-state index in [0.717, 1.165) is 16.7 Å². The van der Waals surface area contributed by atoms with Crippen LogP contribution >= 0.6 is 11.3 Å². The highest BCUT2D eigenvalue weighted by molar-refractivity contribution is 7.26. The largest absolute Gasteiger partial charge is 0.264 e. The molecule has 0 spiro atoms. The van der Waals surface area contributed by atoms with Crippen LogP contribution in [0.1, 0.15) is 0 Å². The molecule has 0 aliphatic carbocycles. The van der Waals surface area contributed by atoms with E-state index in [4.69, 9.17) is 6.57 Å². The van der Waals surface area contributed by atoms with Gasteiger partial charge in [0, 0.05) is 43.7 Å². The van der Waals surface area contributed by atoms with Crippen LogP contribution < -0.4 is 0 Å². The Morgan fingerprint density at radius 1 is 0.576 bits per heavy atom. The van der Waals surface area contributed by atoms with E-state index in [2.05, 4.69) is 76.6 Å². The van der Waals surface area contributed by atoms with Crippen molar-refractivity contribution in [2.45, 2.75) is 0 Å². The lowest BCUT2D eigenvalue weighted by atomic mass is 9.94. The highest BCUT2D eigenvalue weighted by atomic mass is 32.1. The quantitative estimate of drug-likeness (QED) is 0.252. The molecule has 0 aliphatic heterocycles. The maximum atomic E-state index is 7.62. The molecule has 2 nitrogen and oxygen atoms in total. The van der Waals surface area contributed by atoms with Crippen LogP contribution in [0.2, 0.25) is 0 Å². The van der Waals surface area contributed by atoms with E-state index in [-0.39, 0.29) is 0 Å². The van der Waals surface area contributed by atoms with Crippen LogP contribution in [-0.2, 0) is 0 Å². The Balaban J connectivity index is 1.65. The Morgan fingerprint density at radius 2 is 1.18 bits per heavy atom. The molecule has 0 unspecified atom stereocenters. The molecule has 0 atom stereocenters. The number of pyridine rings is 1. The normalized spacial score (nSPS) is 11.0. The van der Waals surface area contributed by atoms with Crippen LogP contribution in [0.5, 0.6) is 0 Å². The molecule has 6 rings (SSSR count). The Kier molecular flexibility index (Phi) is 4.72. The van der Waals surface area contributed by atoms with Crippen LogP contribution in [0.15, 0.2) is 109 Å². The summed E-state index contributed by atoms with van der Waals surface area (Å²) in [5.74, 6) is 0. The number of para-hydroxylation sites is 1. The molecule has 33 heavy (non-hydrogen) atoms. The lowest BCUT2D eigenvalue weighted by Gasteiger charge is -2.10. The van der Waals surface area contributed by atoms with Crippen molar-refractivity contribution >= 4 is 37.2 Å². The molecule has 0 fully saturated rings. The summed E-state index contributed by atoms with van der Waals surface area (Å²) in [5, 5.41) is 2.48. The average Bonchev–Trinajstić information content (AvgIpc) is 3.28. The number of benzene rings is 4. The third-order valence-corrected chi connectivity index (χ3v) is 7.32. The number of aromatic nitrogens is 1. The Bertz CT molecular complexity index is 1670. The van der Waals surface area contributed by atoms with Crippen molar-refractivity contribution in [3.63, 3.8) is 0 Å². The van der Waals surface area contributed by atoms with Crippen LogP contribution in [0.25, 0.3) is 58.4 Å². The number of hydrogen-bond donors (Lipinski definition) is 0. The van der Waals surface area contributed by atoms with Gasteiger partial charge in [-0.3, -0.25) is 4.98 Å². The van der Waals surface area contributed by atoms with Gasteiger partial charge in [0.2, 0.25) is 0 Å². The first-order valence-electron chi connectivity index (χ1n) is 10.8. The summed E-state index contributed by atoms with van der Waals surface area (Å²) in [6, 6.07) is 33.5. The fraction of sp³-hybridized carbons (Fsp3) is 0. The van der Waals surface area contributed by atoms with E-state index in [1.54, 1.807) is 6.20 Å². The van der Waals surface area contributed by atoms with E-state index < -0.39 is 0 Å². The van der Waals surface area contributed by atoms with Crippen LogP contribution in [0, 0.1) is 6.57 Å². The van der Waals surface area contributed by atoms with Crippen molar-refractivity contribution in [3.8, 4) is 33.4 Å². The minimum absolute atomic E-state index is 0.685. The molecule has 0 amide bonds. The zero-order chi connectivity index (χ0) is 22.2. The summed E-state index contributed by atoms with van der Waals surface area (Å²) in [6.07, 6.45) is 3.73. The summed E-state index contributed by atoms with van der Waals surface area (Å²) in [6.45, 7) is 7.62. The van der Waals surface area contributed by atoms with E-state index in [9.17, 15) is 0 Å². The second kappa shape index (κ2) is 8.02. The number of thiophene rings is 1. The third-order valence-electron chi connectivity index (χ3n) is 6.03. The summed E-state index contributed by atoms with van der Waals surface area (Å²) in [5.41, 5.74) is 7.49. The van der Waals surface area contributed by atoms with Gasteiger partial charge in [0.1, 0.15) is 0 Å². The first-order chi connectivity index (χ1) is 16.3. The van der Waals surface area contributed by atoms with Gasteiger partial charge in [0.25, 0.3) is 0 Å². The predicted octanol–water partition coefficient (Wildman–Crippen LogP) is 9.00. The second-order valence-electron chi connectivity index (χ2n) is 7.88. The van der Waals surface area contributed by atoms with Crippen molar-refractivity contribution in [1.29, 1.82) is 0 Å². The molecule has 154 valence electrons. The highest BCUT2D eigenvalue weighted by Crippen LogP contribution is 2.46. The van der Waals surface area contributed by atoms with Crippen molar-refractivity contribution in [2.75, 3.05) is 0 Å². The number of fused-ring (bicyclic) bond motifs is 3. The monoisotopic (exact) mass is 438 g/mol. The maximum Gasteiger partial charge on any atom is 0.194 e. The second-order valence-corrected chi connectivity index (χ2v) is 8.90. The first kappa shape index (κ1) is 19.4. The Labute approximate surface area is 196 Å². The highest BCUT2D eigenvalue weighted by Gasteiger charge is 2.16. The van der Waals surface area contributed by atoms with Gasteiger partial charge in [0.15, 0.2) is 5.69 Å². The molecular weight excluding hydrogens is 420 g/mol. The third kappa shape index (κ3) is 3.20. The average molecular weight is 439 g/mol. The standard InChI is InChI=1S/C30H18N2S/c1-31-28-17-5-4-12-23(28)25-14-7-16-27-26-15-6-13-24(29(26)33-30(25)27)22-11-3-2-10-21(22)20-9-8-18-32-19-20/h2-19H. The molecule has 0 aliphatic rings. The summed E-state index contributed by atoms with van der Waals surface area (Å²) < 4.78 is 2.48. The minimum atomic E-state index is 0.685. The molecule has 4 aromatic carbocycles. The van der Waals surface area contributed by atoms with Gasteiger partial charge < -0.3 is 0 Å². The van der Waals surface area contributed by atoms with Gasteiger partial charge in [-0.15, -0.1) is 11.3 Å². The van der Waals surface area contributed by atoms with Gasteiger partial charge >= 0.3 is 0 Å². The minimum Gasteiger partial charge on any atom is -0.264 e. The van der Waals surface area contributed by atoms with Gasteiger partial charge in [0.05, 0.1) is 6.57 Å². The predicted molar refractivity (Wildman–Crippen MR) is 140 cm³/mol. The molecule has 0 saturated heterocycles. The SMILES string of the molecule is [C-]#[N+]c1ccccc1-c1cccc2c1sc1c(-c3ccccc3-c3cccnc3)cccc12. The van der Waals surface area contributed by atoms with Crippen LogP contribution in [0.3, 0.4) is 0 Å². The Morgan fingerprint density at radius 3 is 1.85 bits per heavy atom. The summed E-state index contributed by atoms with van der Waals surface area (Å²) in [4.78, 5) is 8.10. The number of hydrogen-bond acceptors (Lipinski definition) is 2. The van der Waals surface area contributed by atoms with Crippen molar-refractivity contribution < 1.29 is 0 Å². The topological polar surface area (TPSA) is 17.2 Å². The fourth-order valence-corrected chi connectivity index (χ4v) is 5.89. The smallest absolute Gasteiger partial charge is 0.194 e. The molecule has 0 radical (unpaired) electrons.